The minimum atomic E-state index is -0.613. The van der Waals surface area contributed by atoms with E-state index in [4.69, 9.17) is 9.47 Å². The fourth-order valence-corrected chi connectivity index (χ4v) is 2.47. The van der Waals surface area contributed by atoms with E-state index in [0.29, 0.717) is 13.1 Å². The molecule has 0 aromatic heterocycles. The molecule has 23 heavy (non-hydrogen) atoms. The van der Waals surface area contributed by atoms with Crippen LogP contribution in [0.15, 0.2) is 0 Å². The Morgan fingerprint density at radius 2 is 1.87 bits per heavy atom. The van der Waals surface area contributed by atoms with Gasteiger partial charge in [0, 0.05) is 13.1 Å². The Kier molecular flexibility index (Phi) is 6.41. The van der Waals surface area contributed by atoms with Gasteiger partial charge >= 0.3 is 12.1 Å². The van der Waals surface area contributed by atoms with E-state index in [1.165, 1.54) is 16.9 Å². The van der Waals surface area contributed by atoms with Gasteiger partial charge < -0.3 is 14.4 Å². The molecule has 0 unspecified atom stereocenters. The predicted molar refractivity (Wildman–Crippen MR) is 84.8 cm³/mol. The number of hydrogen-bond acceptors (Lipinski definition) is 5. The number of piperazine rings is 1. The number of methoxy groups -OCH3 is 1. The summed E-state index contributed by atoms with van der Waals surface area (Å²) in [6.07, 6.45) is 0.239. The highest BCUT2D eigenvalue weighted by atomic mass is 16.6. The van der Waals surface area contributed by atoms with Gasteiger partial charge in [-0.2, -0.15) is 0 Å². The van der Waals surface area contributed by atoms with Crippen LogP contribution in [0.5, 0.6) is 0 Å². The number of ether oxygens (including phenoxy) is 2. The van der Waals surface area contributed by atoms with Crippen molar-refractivity contribution in [3.8, 4) is 0 Å². The summed E-state index contributed by atoms with van der Waals surface area (Å²) < 4.78 is 10.1. The van der Waals surface area contributed by atoms with Crippen LogP contribution in [0.3, 0.4) is 0 Å². The molecule has 0 spiro atoms. The highest BCUT2D eigenvalue weighted by molar-refractivity contribution is 5.88. The third-order valence-corrected chi connectivity index (χ3v) is 3.87. The van der Waals surface area contributed by atoms with E-state index < -0.39 is 23.7 Å². The molecule has 1 heterocycles. The van der Waals surface area contributed by atoms with E-state index >= 15 is 0 Å². The first-order chi connectivity index (χ1) is 10.6. The first kappa shape index (κ1) is 19.3. The van der Waals surface area contributed by atoms with Crippen molar-refractivity contribution in [2.75, 3.05) is 26.7 Å². The van der Waals surface area contributed by atoms with Crippen LogP contribution in [-0.2, 0) is 19.1 Å². The molecule has 1 fully saturated rings. The SMILES string of the molecule is CC[C@H](C)[C@@H](C(=O)OC)N1CCN(C(=O)OC(C)(C)C)CC1=O. The molecule has 1 aliphatic heterocycles. The average Bonchev–Trinajstić information content (AvgIpc) is 2.46. The van der Waals surface area contributed by atoms with Crippen LogP contribution in [0.25, 0.3) is 0 Å². The van der Waals surface area contributed by atoms with Gasteiger partial charge in [0.2, 0.25) is 5.91 Å². The molecule has 0 N–H and O–H groups in total. The molecule has 1 rings (SSSR count). The smallest absolute Gasteiger partial charge is 0.410 e. The van der Waals surface area contributed by atoms with Crippen molar-refractivity contribution in [3.05, 3.63) is 0 Å². The maximum Gasteiger partial charge on any atom is 0.410 e. The number of esters is 1. The van der Waals surface area contributed by atoms with E-state index in [1.54, 1.807) is 20.8 Å². The number of carbonyl (C=O) groups excluding carboxylic acids is 3. The zero-order valence-electron chi connectivity index (χ0n) is 14.9. The largest absolute Gasteiger partial charge is 0.467 e. The van der Waals surface area contributed by atoms with Gasteiger partial charge in [-0.15, -0.1) is 0 Å². The van der Waals surface area contributed by atoms with Crippen molar-refractivity contribution in [1.29, 1.82) is 0 Å². The van der Waals surface area contributed by atoms with E-state index in [-0.39, 0.29) is 18.4 Å². The van der Waals surface area contributed by atoms with Crippen LogP contribution in [-0.4, -0.2) is 66.2 Å². The van der Waals surface area contributed by atoms with Gasteiger partial charge in [0.25, 0.3) is 0 Å². The minimum absolute atomic E-state index is 0.0144. The molecule has 0 aliphatic carbocycles. The molecule has 1 aliphatic rings. The standard InChI is InChI=1S/C16H28N2O5/c1-7-11(2)13(14(20)22-6)18-9-8-17(10-12(18)19)15(21)23-16(3,4)5/h11,13H,7-10H2,1-6H3/t11-,13-/m0/s1. The number of carbonyl (C=O) groups is 3. The highest BCUT2D eigenvalue weighted by Crippen LogP contribution is 2.20. The lowest BCUT2D eigenvalue weighted by molar-refractivity contribution is -0.157. The van der Waals surface area contributed by atoms with Crippen molar-refractivity contribution < 1.29 is 23.9 Å². The first-order valence-corrected chi connectivity index (χ1v) is 7.96. The lowest BCUT2D eigenvalue weighted by Gasteiger charge is -2.39. The van der Waals surface area contributed by atoms with Crippen LogP contribution in [0.2, 0.25) is 0 Å². The second-order valence-corrected chi connectivity index (χ2v) is 6.84. The van der Waals surface area contributed by atoms with Gasteiger partial charge in [0.05, 0.1) is 7.11 Å². The molecule has 0 aromatic rings. The van der Waals surface area contributed by atoms with E-state index in [1.807, 2.05) is 13.8 Å². The Hall–Kier alpha value is -1.79. The quantitative estimate of drug-likeness (QED) is 0.734. The average molecular weight is 328 g/mol. The van der Waals surface area contributed by atoms with Crippen LogP contribution in [0.1, 0.15) is 41.0 Å². The van der Waals surface area contributed by atoms with E-state index in [9.17, 15) is 14.4 Å². The maximum atomic E-state index is 12.4. The molecule has 132 valence electrons. The highest BCUT2D eigenvalue weighted by Gasteiger charge is 2.39. The Bertz CT molecular complexity index is 458. The molecule has 0 bridgehead atoms. The summed E-state index contributed by atoms with van der Waals surface area (Å²) in [6.45, 7) is 9.75. The van der Waals surface area contributed by atoms with Crippen molar-refractivity contribution >= 4 is 18.0 Å². The van der Waals surface area contributed by atoms with E-state index in [2.05, 4.69) is 0 Å². The Balaban J connectivity index is 2.79. The van der Waals surface area contributed by atoms with Gasteiger partial charge in [-0.1, -0.05) is 20.3 Å². The summed E-state index contributed by atoms with van der Waals surface area (Å²) in [5.74, 6) is -0.698. The monoisotopic (exact) mass is 328 g/mol. The molecule has 1 saturated heterocycles. The van der Waals surface area contributed by atoms with Gasteiger partial charge in [-0.05, 0) is 26.7 Å². The Morgan fingerprint density at radius 3 is 2.30 bits per heavy atom. The Morgan fingerprint density at radius 1 is 1.26 bits per heavy atom. The molecule has 2 atom stereocenters. The number of amides is 2. The van der Waals surface area contributed by atoms with Gasteiger partial charge in [-0.3, -0.25) is 9.69 Å². The molecule has 7 heteroatoms. The molecule has 0 saturated carbocycles. The number of hydrogen-bond donors (Lipinski definition) is 0. The maximum absolute atomic E-state index is 12.4. The zero-order chi connectivity index (χ0) is 17.8. The van der Waals surface area contributed by atoms with Gasteiger partial charge in [0.1, 0.15) is 18.2 Å². The summed E-state index contributed by atoms with van der Waals surface area (Å²) in [5.41, 5.74) is -0.609. The zero-order valence-corrected chi connectivity index (χ0v) is 14.9. The molecular formula is C16H28N2O5. The normalized spacial score (nSPS) is 18.4. The number of rotatable bonds is 4. The molecular weight excluding hydrogens is 300 g/mol. The van der Waals surface area contributed by atoms with Crippen LogP contribution >= 0.6 is 0 Å². The third-order valence-electron chi connectivity index (χ3n) is 3.87. The summed E-state index contributed by atoms with van der Waals surface area (Å²) in [5, 5.41) is 0. The summed E-state index contributed by atoms with van der Waals surface area (Å²) >= 11 is 0. The van der Waals surface area contributed by atoms with Gasteiger partial charge in [-0.25, -0.2) is 9.59 Å². The lowest BCUT2D eigenvalue weighted by Crippen LogP contribution is -2.59. The van der Waals surface area contributed by atoms with Crippen molar-refractivity contribution in [1.82, 2.24) is 9.80 Å². The molecule has 7 nitrogen and oxygen atoms in total. The van der Waals surface area contributed by atoms with Crippen LogP contribution in [0, 0.1) is 5.92 Å². The van der Waals surface area contributed by atoms with Gasteiger partial charge in [0.15, 0.2) is 0 Å². The first-order valence-electron chi connectivity index (χ1n) is 7.96. The fourth-order valence-electron chi connectivity index (χ4n) is 2.47. The third kappa shape index (κ3) is 5.11. The second-order valence-electron chi connectivity index (χ2n) is 6.84. The minimum Gasteiger partial charge on any atom is -0.467 e. The molecule has 0 radical (unpaired) electrons. The van der Waals surface area contributed by atoms with Crippen molar-refractivity contribution in [2.24, 2.45) is 5.92 Å². The summed E-state index contributed by atoms with van der Waals surface area (Å²) in [4.78, 5) is 39.4. The summed E-state index contributed by atoms with van der Waals surface area (Å²) in [6, 6.07) is -0.613. The predicted octanol–water partition coefficient (Wildman–Crippen LogP) is 1.65. The van der Waals surface area contributed by atoms with E-state index in [0.717, 1.165) is 6.42 Å². The van der Waals surface area contributed by atoms with Crippen molar-refractivity contribution in [2.45, 2.75) is 52.7 Å². The number of nitrogens with zero attached hydrogens (tertiary/aromatic N) is 2. The molecule has 0 aromatic carbocycles. The lowest BCUT2D eigenvalue weighted by atomic mass is 9.97. The topological polar surface area (TPSA) is 76.2 Å². The van der Waals surface area contributed by atoms with Crippen molar-refractivity contribution in [3.63, 3.8) is 0 Å². The second kappa shape index (κ2) is 7.66. The molecule has 2 amide bonds. The Labute approximate surface area is 137 Å². The fraction of sp³-hybridized carbons (Fsp3) is 0.812. The summed E-state index contributed by atoms with van der Waals surface area (Å²) in [7, 11) is 1.32. The van der Waals surface area contributed by atoms with Crippen LogP contribution in [0.4, 0.5) is 4.79 Å². The van der Waals surface area contributed by atoms with Crippen LogP contribution < -0.4 is 0 Å².